The van der Waals surface area contributed by atoms with Crippen LogP contribution in [0.3, 0.4) is 0 Å². The summed E-state index contributed by atoms with van der Waals surface area (Å²) in [6.07, 6.45) is 3.57. The maximum Gasteiger partial charge on any atom is 0.160 e. The average molecular weight is 209 g/mol. The molecule has 2 rings (SSSR count). The van der Waals surface area contributed by atoms with Gasteiger partial charge in [0.2, 0.25) is 0 Å². The quantitative estimate of drug-likeness (QED) is 0.677. The molecule has 1 nitrogen and oxygen atoms in total. The standard InChI is InChI=1S/C12H13F2N/c1-2-5-15-6-3-4-9-7-10(13)11(14)8-12(9)15/h2,7-8H,1,3-6H2. The van der Waals surface area contributed by atoms with Crippen LogP contribution in [0.5, 0.6) is 0 Å². The summed E-state index contributed by atoms with van der Waals surface area (Å²) in [6.45, 7) is 5.22. The first-order chi connectivity index (χ1) is 7.22. The lowest BCUT2D eigenvalue weighted by Gasteiger charge is -2.30. The van der Waals surface area contributed by atoms with E-state index in [2.05, 4.69) is 6.58 Å². The molecule has 0 aliphatic carbocycles. The number of hydrogen-bond donors (Lipinski definition) is 0. The van der Waals surface area contributed by atoms with E-state index in [0.717, 1.165) is 30.6 Å². The number of benzene rings is 1. The Bertz CT molecular complexity index is 387. The normalized spacial score (nSPS) is 14.9. The fourth-order valence-electron chi connectivity index (χ4n) is 2.00. The second-order valence-electron chi connectivity index (χ2n) is 3.73. The molecule has 1 aliphatic heterocycles. The highest BCUT2D eigenvalue weighted by molar-refractivity contribution is 5.56. The molecule has 0 atom stereocenters. The molecular weight excluding hydrogens is 196 g/mol. The summed E-state index contributed by atoms with van der Waals surface area (Å²) in [5.74, 6) is -1.53. The van der Waals surface area contributed by atoms with Crippen LogP contribution in [-0.4, -0.2) is 13.1 Å². The smallest absolute Gasteiger partial charge is 0.160 e. The van der Waals surface area contributed by atoms with Crippen LogP contribution in [-0.2, 0) is 6.42 Å². The molecule has 0 fully saturated rings. The molecule has 1 aromatic carbocycles. The maximum atomic E-state index is 13.1. The Morgan fingerprint density at radius 2 is 2.07 bits per heavy atom. The molecule has 80 valence electrons. The number of hydrogen-bond acceptors (Lipinski definition) is 1. The van der Waals surface area contributed by atoms with Crippen molar-refractivity contribution in [1.29, 1.82) is 0 Å². The average Bonchev–Trinajstić information content (AvgIpc) is 2.21. The third-order valence-corrected chi connectivity index (χ3v) is 2.69. The summed E-state index contributed by atoms with van der Waals surface area (Å²) in [5, 5.41) is 0. The number of halogens is 2. The van der Waals surface area contributed by atoms with Gasteiger partial charge in [-0.1, -0.05) is 6.08 Å². The number of nitrogens with zero attached hydrogens (tertiary/aromatic N) is 1. The van der Waals surface area contributed by atoms with E-state index in [4.69, 9.17) is 0 Å². The molecule has 0 saturated carbocycles. The Morgan fingerprint density at radius 3 is 2.80 bits per heavy atom. The lowest BCUT2D eigenvalue weighted by atomic mass is 10.0. The summed E-state index contributed by atoms with van der Waals surface area (Å²) in [4.78, 5) is 2.02. The van der Waals surface area contributed by atoms with E-state index in [1.165, 1.54) is 12.1 Å². The van der Waals surface area contributed by atoms with Gasteiger partial charge in [-0.25, -0.2) is 8.78 Å². The monoisotopic (exact) mass is 209 g/mol. The fourth-order valence-corrected chi connectivity index (χ4v) is 2.00. The molecule has 1 aliphatic rings. The lowest BCUT2D eigenvalue weighted by molar-refractivity contribution is 0.505. The highest BCUT2D eigenvalue weighted by atomic mass is 19.2. The van der Waals surface area contributed by atoms with Crippen molar-refractivity contribution in [1.82, 2.24) is 0 Å². The van der Waals surface area contributed by atoms with Gasteiger partial charge in [0.15, 0.2) is 11.6 Å². The molecule has 3 heteroatoms. The minimum atomic E-state index is -0.773. The van der Waals surface area contributed by atoms with Crippen LogP contribution in [0.2, 0.25) is 0 Å². The molecule has 0 spiro atoms. The molecule has 15 heavy (non-hydrogen) atoms. The Balaban J connectivity index is 2.42. The maximum absolute atomic E-state index is 13.1. The van der Waals surface area contributed by atoms with Crippen molar-refractivity contribution in [3.63, 3.8) is 0 Å². The van der Waals surface area contributed by atoms with E-state index < -0.39 is 11.6 Å². The van der Waals surface area contributed by atoms with Gasteiger partial charge < -0.3 is 4.90 Å². The molecule has 0 unspecified atom stereocenters. The lowest BCUT2D eigenvalue weighted by Crippen LogP contribution is -2.29. The Labute approximate surface area is 88.0 Å². The third kappa shape index (κ3) is 1.87. The summed E-state index contributed by atoms with van der Waals surface area (Å²) in [5.41, 5.74) is 1.70. The van der Waals surface area contributed by atoms with Crippen molar-refractivity contribution >= 4 is 5.69 Å². The molecular formula is C12H13F2N. The second-order valence-corrected chi connectivity index (χ2v) is 3.73. The van der Waals surface area contributed by atoms with Gasteiger partial charge in [-0.3, -0.25) is 0 Å². The van der Waals surface area contributed by atoms with Gasteiger partial charge in [0.25, 0.3) is 0 Å². The van der Waals surface area contributed by atoms with Crippen molar-refractivity contribution in [2.75, 3.05) is 18.0 Å². The molecule has 0 amide bonds. The predicted molar refractivity (Wildman–Crippen MR) is 57.1 cm³/mol. The van der Waals surface area contributed by atoms with Crippen LogP contribution in [0.25, 0.3) is 0 Å². The van der Waals surface area contributed by atoms with Crippen LogP contribution >= 0.6 is 0 Å². The van der Waals surface area contributed by atoms with Gasteiger partial charge in [0.1, 0.15) is 0 Å². The van der Waals surface area contributed by atoms with Crippen molar-refractivity contribution in [3.8, 4) is 0 Å². The first-order valence-electron chi connectivity index (χ1n) is 5.06. The highest BCUT2D eigenvalue weighted by Gasteiger charge is 2.18. The zero-order valence-corrected chi connectivity index (χ0v) is 8.47. The summed E-state index contributed by atoms with van der Waals surface area (Å²) in [6, 6.07) is 2.59. The van der Waals surface area contributed by atoms with Gasteiger partial charge in [-0.15, -0.1) is 6.58 Å². The Morgan fingerprint density at radius 1 is 1.33 bits per heavy atom. The number of aryl methyl sites for hydroxylation is 1. The van der Waals surface area contributed by atoms with Crippen molar-refractivity contribution < 1.29 is 8.78 Å². The number of rotatable bonds is 2. The van der Waals surface area contributed by atoms with Crippen LogP contribution in [0, 0.1) is 11.6 Å². The Hall–Kier alpha value is -1.38. The first-order valence-corrected chi connectivity index (χ1v) is 5.06. The number of anilines is 1. The van der Waals surface area contributed by atoms with Crippen LogP contribution in [0.1, 0.15) is 12.0 Å². The SMILES string of the molecule is C=CCN1CCCc2cc(F)c(F)cc21. The molecule has 1 heterocycles. The van der Waals surface area contributed by atoms with E-state index >= 15 is 0 Å². The summed E-state index contributed by atoms with van der Waals surface area (Å²) >= 11 is 0. The molecule has 0 bridgehead atoms. The fraction of sp³-hybridized carbons (Fsp3) is 0.333. The Kier molecular flexibility index (Phi) is 2.71. The van der Waals surface area contributed by atoms with Gasteiger partial charge >= 0.3 is 0 Å². The first kappa shape index (κ1) is 10.1. The van der Waals surface area contributed by atoms with Crippen molar-refractivity contribution in [2.45, 2.75) is 12.8 Å². The van der Waals surface area contributed by atoms with E-state index in [9.17, 15) is 8.78 Å². The molecule has 1 aromatic rings. The van der Waals surface area contributed by atoms with E-state index in [-0.39, 0.29) is 0 Å². The largest absolute Gasteiger partial charge is 0.368 e. The topological polar surface area (TPSA) is 3.24 Å². The van der Waals surface area contributed by atoms with E-state index in [1.807, 2.05) is 4.90 Å². The van der Waals surface area contributed by atoms with Gasteiger partial charge in [0, 0.05) is 24.8 Å². The third-order valence-electron chi connectivity index (χ3n) is 2.69. The van der Waals surface area contributed by atoms with Crippen LogP contribution < -0.4 is 4.90 Å². The van der Waals surface area contributed by atoms with Crippen molar-refractivity contribution in [2.24, 2.45) is 0 Å². The van der Waals surface area contributed by atoms with E-state index in [1.54, 1.807) is 6.08 Å². The van der Waals surface area contributed by atoms with Gasteiger partial charge in [0.05, 0.1) is 0 Å². The molecule has 0 radical (unpaired) electrons. The molecule has 0 saturated heterocycles. The van der Waals surface area contributed by atoms with E-state index in [0.29, 0.717) is 6.54 Å². The minimum absolute atomic E-state index is 0.679. The van der Waals surface area contributed by atoms with Gasteiger partial charge in [-0.2, -0.15) is 0 Å². The zero-order valence-electron chi connectivity index (χ0n) is 8.47. The number of fused-ring (bicyclic) bond motifs is 1. The second kappa shape index (κ2) is 4.01. The van der Waals surface area contributed by atoms with Gasteiger partial charge in [-0.05, 0) is 24.5 Å². The summed E-state index contributed by atoms with van der Waals surface area (Å²) < 4.78 is 26.1. The molecule has 0 aromatic heterocycles. The highest BCUT2D eigenvalue weighted by Crippen LogP contribution is 2.29. The predicted octanol–water partition coefficient (Wildman–Crippen LogP) is 2.90. The summed E-state index contributed by atoms with van der Waals surface area (Å²) in [7, 11) is 0. The van der Waals surface area contributed by atoms with Crippen molar-refractivity contribution in [3.05, 3.63) is 42.0 Å². The van der Waals surface area contributed by atoms with Crippen LogP contribution in [0.4, 0.5) is 14.5 Å². The minimum Gasteiger partial charge on any atom is -0.368 e. The zero-order chi connectivity index (χ0) is 10.8. The molecule has 0 N–H and O–H groups in total. The van der Waals surface area contributed by atoms with Crippen LogP contribution in [0.15, 0.2) is 24.8 Å².